The fraction of sp³-hybridized carbons (Fsp3) is 0.286. The molecule has 0 aliphatic carbocycles. The first-order valence-corrected chi connectivity index (χ1v) is 10.2. The van der Waals surface area contributed by atoms with Gasteiger partial charge in [0, 0.05) is 47.8 Å². The summed E-state index contributed by atoms with van der Waals surface area (Å²) in [5.74, 6) is 0.0569. The zero-order valence-corrected chi connectivity index (χ0v) is 17.7. The average molecular weight is 464 g/mol. The zero-order valence-electron chi connectivity index (χ0n) is 17.0. The molecule has 1 aromatic carbocycles. The number of nitrogens with one attached hydrogen (secondary N) is 2. The molecule has 1 aliphatic heterocycles. The van der Waals surface area contributed by atoms with Gasteiger partial charge in [0.05, 0.1) is 17.4 Å². The van der Waals surface area contributed by atoms with Crippen molar-refractivity contribution in [2.45, 2.75) is 25.0 Å². The van der Waals surface area contributed by atoms with Crippen LogP contribution in [0.15, 0.2) is 42.6 Å². The molecule has 1 aliphatic rings. The van der Waals surface area contributed by atoms with E-state index >= 15 is 0 Å². The molecule has 11 heteroatoms. The first-order chi connectivity index (χ1) is 15.2. The summed E-state index contributed by atoms with van der Waals surface area (Å²) in [5, 5.41) is 19.8. The van der Waals surface area contributed by atoms with Gasteiger partial charge in [-0.2, -0.15) is 5.10 Å². The third-order valence-corrected chi connectivity index (χ3v) is 5.00. The molecule has 2 aromatic heterocycles. The second-order valence-electron chi connectivity index (χ2n) is 7.45. The number of aromatic amines is 1. The van der Waals surface area contributed by atoms with Crippen molar-refractivity contribution in [3.63, 3.8) is 0 Å². The number of amides is 1. The quantitative estimate of drug-likeness (QED) is 0.481. The molecule has 3 N–H and O–H groups in total. The van der Waals surface area contributed by atoms with Gasteiger partial charge in [0.25, 0.3) is 5.91 Å². The van der Waals surface area contributed by atoms with E-state index in [0.717, 1.165) is 5.69 Å². The van der Waals surface area contributed by atoms with Crippen LogP contribution in [0.2, 0.25) is 0 Å². The first kappa shape index (κ1) is 22.0. The highest BCUT2D eigenvalue weighted by molar-refractivity contribution is 6.20. The van der Waals surface area contributed by atoms with Crippen LogP contribution in [-0.2, 0) is 0 Å². The van der Waals surface area contributed by atoms with E-state index in [9.17, 15) is 18.7 Å². The Hall–Kier alpha value is -3.24. The minimum absolute atomic E-state index is 0.141. The summed E-state index contributed by atoms with van der Waals surface area (Å²) < 4.78 is 29.7. The molecule has 168 valence electrons. The SMILES string of the molecule is Cc1cc(-c2cc(C(=O)Nc3ccc(OC(F)(F)Cl)cc3)cnc2N2CC[C@@H](O)C2)n[nH]1. The summed E-state index contributed by atoms with van der Waals surface area (Å²) >= 11 is 4.75. The number of hydrogen-bond donors (Lipinski definition) is 3. The molecule has 0 unspecified atom stereocenters. The van der Waals surface area contributed by atoms with Crippen LogP contribution < -0.4 is 15.0 Å². The van der Waals surface area contributed by atoms with Crippen LogP contribution >= 0.6 is 11.6 Å². The van der Waals surface area contributed by atoms with Gasteiger partial charge in [-0.1, -0.05) is 0 Å². The molecule has 1 amide bonds. The van der Waals surface area contributed by atoms with Gasteiger partial charge in [-0.3, -0.25) is 9.89 Å². The molecule has 0 spiro atoms. The molecule has 3 heterocycles. The maximum Gasteiger partial charge on any atom is 0.487 e. The largest absolute Gasteiger partial charge is 0.487 e. The number of anilines is 2. The molecule has 0 saturated carbocycles. The van der Waals surface area contributed by atoms with Crippen molar-refractivity contribution >= 4 is 29.0 Å². The number of aromatic nitrogens is 3. The van der Waals surface area contributed by atoms with E-state index in [2.05, 4.69) is 25.2 Å². The second-order valence-corrected chi connectivity index (χ2v) is 7.89. The number of carbonyl (C=O) groups is 1. The number of hydrogen-bond acceptors (Lipinski definition) is 6. The number of aryl methyl sites for hydroxylation is 1. The minimum atomic E-state index is -3.81. The third kappa shape index (κ3) is 5.14. The van der Waals surface area contributed by atoms with Gasteiger partial charge < -0.3 is 20.1 Å². The Kier molecular flexibility index (Phi) is 5.98. The maximum atomic E-state index is 12.8. The lowest BCUT2D eigenvalue weighted by molar-refractivity contribution is -0.0964. The topological polar surface area (TPSA) is 103 Å². The Morgan fingerprint density at radius 3 is 2.69 bits per heavy atom. The number of rotatable bonds is 6. The lowest BCUT2D eigenvalue weighted by Gasteiger charge is -2.20. The zero-order chi connectivity index (χ0) is 22.9. The molecule has 3 aromatic rings. The van der Waals surface area contributed by atoms with Gasteiger partial charge in [-0.05, 0) is 49.7 Å². The highest BCUT2D eigenvalue weighted by atomic mass is 35.5. The van der Waals surface area contributed by atoms with Crippen LogP contribution in [0.4, 0.5) is 20.3 Å². The fourth-order valence-corrected chi connectivity index (χ4v) is 3.54. The molecule has 32 heavy (non-hydrogen) atoms. The summed E-state index contributed by atoms with van der Waals surface area (Å²) in [6, 6.07) is 8.90. The van der Waals surface area contributed by atoms with Gasteiger partial charge >= 0.3 is 5.57 Å². The lowest BCUT2D eigenvalue weighted by Crippen LogP contribution is -2.23. The van der Waals surface area contributed by atoms with Gasteiger partial charge in [-0.15, -0.1) is 8.78 Å². The molecule has 1 atom stereocenters. The summed E-state index contributed by atoms with van der Waals surface area (Å²) in [7, 11) is 0. The van der Waals surface area contributed by atoms with E-state index in [0.29, 0.717) is 42.3 Å². The Balaban J connectivity index is 1.57. The van der Waals surface area contributed by atoms with E-state index in [4.69, 9.17) is 11.6 Å². The second kappa shape index (κ2) is 8.71. The third-order valence-electron chi connectivity index (χ3n) is 4.92. The number of H-pyrrole nitrogens is 1. The monoisotopic (exact) mass is 463 g/mol. The van der Waals surface area contributed by atoms with Crippen molar-refractivity contribution in [1.29, 1.82) is 0 Å². The number of halogens is 3. The van der Waals surface area contributed by atoms with Crippen molar-refractivity contribution < 1.29 is 23.4 Å². The Labute approximate surface area is 187 Å². The number of ether oxygens (including phenoxy) is 1. The molecular formula is C21H20ClF2N5O3. The highest BCUT2D eigenvalue weighted by Crippen LogP contribution is 2.32. The van der Waals surface area contributed by atoms with Crippen LogP contribution in [-0.4, -0.2) is 51.0 Å². The van der Waals surface area contributed by atoms with E-state index in [1.807, 2.05) is 17.9 Å². The van der Waals surface area contributed by atoms with Crippen LogP contribution in [0.25, 0.3) is 11.3 Å². The fourth-order valence-electron chi connectivity index (χ4n) is 3.46. The van der Waals surface area contributed by atoms with Gasteiger partial charge in [-0.25, -0.2) is 4.98 Å². The van der Waals surface area contributed by atoms with E-state index in [1.54, 1.807) is 6.07 Å². The van der Waals surface area contributed by atoms with Crippen LogP contribution in [0.3, 0.4) is 0 Å². The highest BCUT2D eigenvalue weighted by Gasteiger charge is 2.28. The van der Waals surface area contributed by atoms with E-state index in [-0.39, 0.29) is 11.3 Å². The average Bonchev–Trinajstić information content (AvgIpc) is 3.36. The number of aliphatic hydroxyl groups is 1. The predicted molar refractivity (Wildman–Crippen MR) is 115 cm³/mol. The van der Waals surface area contributed by atoms with Crippen molar-refractivity contribution in [1.82, 2.24) is 15.2 Å². The predicted octanol–water partition coefficient (Wildman–Crippen LogP) is 3.77. The van der Waals surface area contributed by atoms with Crippen molar-refractivity contribution in [3.8, 4) is 17.0 Å². The smallest absolute Gasteiger partial charge is 0.420 e. The van der Waals surface area contributed by atoms with Crippen molar-refractivity contribution in [2.75, 3.05) is 23.3 Å². The molecule has 1 saturated heterocycles. The van der Waals surface area contributed by atoms with Gasteiger partial charge in [0.15, 0.2) is 0 Å². The molecule has 8 nitrogen and oxygen atoms in total. The van der Waals surface area contributed by atoms with Crippen LogP contribution in [0.5, 0.6) is 5.75 Å². The summed E-state index contributed by atoms with van der Waals surface area (Å²) in [6.45, 7) is 2.96. The number of alkyl halides is 3. The minimum Gasteiger partial charge on any atom is -0.420 e. The standard InChI is InChI=1S/C21H20ClF2N5O3/c1-12-8-18(28-27-12)17-9-13(10-25-19(17)29-7-6-15(30)11-29)20(31)26-14-2-4-16(5-3-14)32-21(22,23)24/h2-5,8-10,15,30H,6-7,11H2,1H3,(H,26,31)(H,27,28)/t15-/m1/s1. The first-order valence-electron chi connectivity index (χ1n) is 9.80. The van der Waals surface area contributed by atoms with Crippen LogP contribution in [0.1, 0.15) is 22.5 Å². The summed E-state index contributed by atoms with van der Waals surface area (Å²) in [6.07, 6.45) is 1.65. The summed E-state index contributed by atoms with van der Waals surface area (Å²) in [5.41, 5.74) is -1.01. The molecular weight excluding hydrogens is 444 g/mol. The Morgan fingerprint density at radius 2 is 2.09 bits per heavy atom. The summed E-state index contributed by atoms with van der Waals surface area (Å²) in [4.78, 5) is 19.2. The molecule has 4 rings (SSSR count). The van der Waals surface area contributed by atoms with Gasteiger partial charge in [0.2, 0.25) is 0 Å². The Morgan fingerprint density at radius 1 is 1.34 bits per heavy atom. The number of carbonyl (C=O) groups excluding carboxylic acids is 1. The number of pyridine rings is 1. The molecule has 0 bridgehead atoms. The number of nitrogens with zero attached hydrogens (tertiary/aromatic N) is 3. The van der Waals surface area contributed by atoms with Gasteiger partial charge in [0.1, 0.15) is 11.6 Å². The molecule has 1 fully saturated rings. The van der Waals surface area contributed by atoms with Crippen molar-refractivity contribution in [3.05, 3.63) is 53.9 Å². The van der Waals surface area contributed by atoms with Crippen molar-refractivity contribution in [2.24, 2.45) is 0 Å². The number of aliphatic hydroxyl groups excluding tert-OH is 1. The van der Waals surface area contributed by atoms with E-state index < -0.39 is 17.6 Å². The Bertz CT molecular complexity index is 1120. The lowest BCUT2D eigenvalue weighted by atomic mass is 10.1. The molecule has 0 radical (unpaired) electrons. The van der Waals surface area contributed by atoms with Crippen LogP contribution in [0, 0.1) is 6.92 Å². The maximum absolute atomic E-state index is 12.8. The number of β-amino-alcohol motifs (C(OH)–C–C–N with tert-alkyl or cyclic N) is 1. The van der Waals surface area contributed by atoms with E-state index in [1.165, 1.54) is 30.5 Å². The number of benzene rings is 1. The normalized spacial score (nSPS) is 16.3.